The molecule has 1 rings (SSSR count). The summed E-state index contributed by atoms with van der Waals surface area (Å²) in [6.07, 6.45) is 3.22. The minimum absolute atomic E-state index is 0.111. The van der Waals surface area contributed by atoms with Crippen LogP contribution in [0.4, 0.5) is 0 Å². The number of rotatable bonds is 4. The maximum Gasteiger partial charge on any atom is 0.207 e. The number of thioether (sulfide) groups is 2. The van der Waals surface area contributed by atoms with E-state index in [2.05, 4.69) is 4.99 Å². The molecule has 0 fully saturated rings. The van der Waals surface area contributed by atoms with Crippen molar-refractivity contribution in [2.24, 2.45) is 4.99 Å². The fourth-order valence-corrected chi connectivity index (χ4v) is 3.18. The van der Waals surface area contributed by atoms with Gasteiger partial charge in [0.1, 0.15) is 4.38 Å². The lowest BCUT2D eigenvalue weighted by molar-refractivity contribution is 0.104. The van der Waals surface area contributed by atoms with Crippen LogP contribution in [0.5, 0.6) is 0 Å². The van der Waals surface area contributed by atoms with Crippen molar-refractivity contribution in [2.45, 2.75) is 19.1 Å². The first-order valence-corrected chi connectivity index (χ1v) is 7.93. The van der Waals surface area contributed by atoms with Crippen LogP contribution >= 0.6 is 35.1 Å². The molecule has 1 aromatic carbocycles. The Hall–Kier alpha value is -1.22. The molecule has 104 valence electrons. The first kappa shape index (κ1) is 16.8. The lowest BCUT2D eigenvalue weighted by Crippen LogP contribution is -1.94. The van der Waals surface area contributed by atoms with Gasteiger partial charge in [0.25, 0.3) is 0 Å². The Balaban J connectivity index is 2.63. The second-order valence-corrected chi connectivity index (χ2v) is 7.09. The molecule has 1 aromatic rings. The standard InChI is InChI=1S/C14H13ClN2OS2/c1-10(2)20-14(17-9-16)19-8-7-13(18)11-3-5-12(15)6-4-11/h3-8,10H,1-2H3/b8-7+,17-14?. The Morgan fingerprint density at radius 2 is 2.05 bits per heavy atom. The molecule has 0 aliphatic heterocycles. The van der Waals surface area contributed by atoms with Gasteiger partial charge >= 0.3 is 0 Å². The molecule has 20 heavy (non-hydrogen) atoms. The molecule has 0 saturated carbocycles. The van der Waals surface area contributed by atoms with Crippen molar-refractivity contribution in [3.8, 4) is 6.19 Å². The summed E-state index contributed by atoms with van der Waals surface area (Å²) < 4.78 is 0.627. The van der Waals surface area contributed by atoms with Crippen LogP contribution in [0.15, 0.2) is 40.7 Å². The molecule has 0 amide bonds. The van der Waals surface area contributed by atoms with Crippen LogP contribution in [-0.2, 0) is 0 Å². The Bertz CT molecular complexity index is 560. The second-order valence-electron chi connectivity index (χ2n) is 3.94. The fraction of sp³-hybridized carbons (Fsp3) is 0.214. The Morgan fingerprint density at radius 1 is 1.40 bits per heavy atom. The number of halogens is 1. The minimum atomic E-state index is -0.111. The average Bonchev–Trinajstić information content (AvgIpc) is 2.39. The summed E-state index contributed by atoms with van der Waals surface area (Å²) in [6, 6.07) is 6.69. The lowest BCUT2D eigenvalue weighted by Gasteiger charge is -2.03. The van der Waals surface area contributed by atoms with Gasteiger partial charge < -0.3 is 0 Å². The van der Waals surface area contributed by atoms with Crippen molar-refractivity contribution in [1.29, 1.82) is 5.26 Å². The van der Waals surface area contributed by atoms with Crippen molar-refractivity contribution in [2.75, 3.05) is 0 Å². The van der Waals surface area contributed by atoms with E-state index < -0.39 is 0 Å². The summed E-state index contributed by atoms with van der Waals surface area (Å²) in [5.41, 5.74) is 0.571. The monoisotopic (exact) mass is 324 g/mol. The van der Waals surface area contributed by atoms with Crippen molar-refractivity contribution in [3.63, 3.8) is 0 Å². The topological polar surface area (TPSA) is 53.2 Å². The number of nitrogens with zero attached hydrogens (tertiary/aromatic N) is 2. The molecule has 0 radical (unpaired) electrons. The first-order chi connectivity index (χ1) is 9.52. The third kappa shape index (κ3) is 6.29. The van der Waals surface area contributed by atoms with E-state index in [1.165, 1.54) is 29.6 Å². The highest BCUT2D eigenvalue weighted by Crippen LogP contribution is 2.22. The van der Waals surface area contributed by atoms with Crippen LogP contribution in [0.25, 0.3) is 0 Å². The Morgan fingerprint density at radius 3 is 2.60 bits per heavy atom. The third-order valence-corrected chi connectivity index (χ3v) is 4.15. The molecule has 3 nitrogen and oxygen atoms in total. The van der Waals surface area contributed by atoms with E-state index in [0.29, 0.717) is 20.2 Å². The van der Waals surface area contributed by atoms with Gasteiger partial charge in [0, 0.05) is 15.8 Å². The normalized spacial score (nSPS) is 11.8. The quantitative estimate of drug-likeness (QED) is 0.264. The molecular formula is C14H13ClN2OS2. The molecule has 0 aliphatic carbocycles. The second kappa shape index (κ2) is 8.85. The molecule has 0 heterocycles. The molecule has 0 atom stereocenters. The Labute approximate surface area is 132 Å². The number of carbonyl (C=O) groups is 1. The van der Waals surface area contributed by atoms with Crippen molar-refractivity contribution >= 4 is 45.3 Å². The Kier molecular flexibility index (Phi) is 7.45. The number of allylic oxidation sites excluding steroid dienone is 1. The van der Waals surface area contributed by atoms with E-state index >= 15 is 0 Å². The molecule has 0 unspecified atom stereocenters. The van der Waals surface area contributed by atoms with Gasteiger partial charge in [-0.3, -0.25) is 4.79 Å². The highest BCUT2D eigenvalue weighted by Gasteiger charge is 2.05. The largest absolute Gasteiger partial charge is 0.289 e. The maximum absolute atomic E-state index is 11.9. The summed E-state index contributed by atoms with van der Waals surface area (Å²) in [7, 11) is 0. The summed E-state index contributed by atoms with van der Waals surface area (Å²) in [5, 5.41) is 11.2. The zero-order valence-corrected chi connectivity index (χ0v) is 13.4. The zero-order valence-electron chi connectivity index (χ0n) is 11.0. The number of hydrogen-bond acceptors (Lipinski definition) is 5. The van der Waals surface area contributed by atoms with E-state index in [4.69, 9.17) is 16.9 Å². The van der Waals surface area contributed by atoms with Gasteiger partial charge in [0.05, 0.1) is 0 Å². The molecule has 0 aromatic heterocycles. The number of aliphatic imine (C=N–C) groups is 1. The van der Waals surface area contributed by atoms with Crippen LogP contribution < -0.4 is 0 Å². The zero-order chi connectivity index (χ0) is 15.0. The van der Waals surface area contributed by atoms with E-state index in [9.17, 15) is 4.79 Å². The van der Waals surface area contributed by atoms with E-state index in [0.717, 1.165) is 0 Å². The molecule has 0 N–H and O–H groups in total. The van der Waals surface area contributed by atoms with Gasteiger partial charge in [-0.2, -0.15) is 10.3 Å². The van der Waals surface area contributed by atoms with Crippen molar-refractivity contribution < 1.29 is 4.79 Å². The molecule has 0 spiro atoms. The number of carbonyl (C=O) groups excluding carboxylic acids is 1. The van der Waals surface area contributed by atoms with Crippen molar-refractivity contribution in [1.82, 2.24) is 0 Å². The van der Waals surface area contributed by atoms with Gasteiger partial charge in [-0.1, -0.05) is 49.0 Å². The minimum Gasteiger partial charge on any atom is -0.289 e. The third-order valence-electron chi connectivity index (χ3n) is 1.99. The fourth-order valence-electron chi connectivity index (χ4n) is 1.19. The van der Waals surface area contributed by atoms with Gasteiger partial charge in [0.15, 0.2) is 5.78 Å². The number of ketones is 1. The van der Waals surface area contributed by atoms with Crippen LogP contribution in [0.2, 0.25) is 5.02 Å². The van der Waals surface area contributed by atoms with Crippen LogP contribution in [0.1, 0.15) is 24.2 Å². The van der Waals surface area contributed by atoms with Crippen LogP contribution in [0.3, 0.4) is 0 Å². The molecule has 0 aliphatic rings. The van der Waals surface area contributed by atoms with Gasteiger partial charge in [-0.05, 0) is 35.7 Å². The molecule has 0 bridgehead atoms. The maximum atomic E-state index is 11.9. The van der Waals surface area contributed by atoms with E-state index in [1.807, 2.05) is 13.8 Å². The predicted molar refractivity (Wildman–Crippen MR) is 88.3 cm³/mol. The number of benzene rings is 1. The van der Waals surface area contributed by atoms with Crippen LogP contribution in [-0.4, -0.2) is 15.4 Å². The summed E-state index contributed by atoms with van der Waals surface area (Å²) in [5.74, 6) is -0.111. The number of nitriles is 1. The molecule has 0 saturated heterocycles. The SMILES string of the molecule is CC(C)SC(=NC#N)S/C=C/C(=O)c1ccc(Cl)cc1. The highest BCUT2D eigenvalue weighted by molar-refractivity contribution is 8.40. The number of hydrogen-bond donors (Lipinski definition) is 0. The lowest BCUT2D eigenvalue weighted by atomic mass is 10.1. The summed E-state index contributed by atoms with van der Waals surface area (Å²) >= 11 is 8.51. The van der Waals surface area contributed by atoms with E-state index in [1.54, 1.807) is 35.9 Å². The van der Waals surface area contributed by atoms with Gasteiger partial charge in [-0.15, -0.1) is 0 Å². The smallest absolute Gasteiger partial charge is 0.207 e. The molecule has 6 heteroatoms. The summed E-state index contributed by atoms with van der Waals surface area (Å²) in [6.45, 7) is 4.03. The van der Waals surface area contributed by atoms with Gasteiger partial charge in [-0.25, -0.2) is 0 Å². The van der Waals surface area contributed by atoms with E-state index in [-0.39, 0.29) is 5.78 Å². The van der Waals surface area contributed by atoms with Crippen molar-refractivity contribution in [3.05, 3.63) is 46.3 Å². The van der Waals surface area contributed by atoms with Crippen LogP contribution in [0, 0.1) is 11.5 Å². The molecular weight excluding hydrogens is 312 g/mol. The summed E-state index contributed by atoms with van der Waals surface area (Å²) in [4.78, 5) is 15.6. The van der Waals surface area contributed by atoms with Gasteiger partial charge in [0.2, 0.25) is 6.19 Å². The average molecular weight is 325 g/mol. The first-order valence-electron chi connectivity index (χ1n) is 5.79. The predicted octanol–water partition coefficient (Wildman–Crippen LogP) is 4.75. The highest BCUT2D eigenvalue weighted by atomic mass is 35.5.